The molecule has 0 aliphatic carbocycles. The Morgan fingerprint density at radius 2 is 2.08 bits per heavy atom. The number of nitrogens with zero attached hydrogens (tertiary/aromatic N) is 2. The standard InChI is InChI=1S/C19H30N4O2.HI/c1-3-20-19(23-12-10-17(14-23)15-25-2)21-11-9-18(24)22-13-16-7-5-4-6-8-16;/h4-8,17H,3,9-15H2,1-2H3,(H,20,21)(H,22,24);1H. The van der Waals surface area contributed by atoms with Crippen LogP contribution in [0.1, 0.15) is 25.3 Å². The summed E-state index contributed by atoms with van der Waals surface area (Å²) in [6, 6.07) is 9.93. The van der Waals surface area contributed by atoms with Gasteiger partial charge in [0.05, 0.1) is 13.2 Å². The molecule has 1 amide bonds. The summed E-state index contributed by atoms with van der Waals surface area (Å²) in [5, 5.41) is 6.26. The van der Waals surface area contributed by atoms with E-state index in [4.69, 9.17) is 4.74 Å². The fourth-order valence-electron chi connectivity index (χ4n) is 2.97. The molecule has 2 N–H and O–H groups in total. The summed E-state index contributed by atoms with van der Waals surface area (Å²) in [5.41, 5.74) is 1.11. The molecule has 0 aromatic heterocycles. The van der Waals surface area contributed by atoms with Gasteiger partial charge in [-0.25, -0.2) is 0 Å². The quantitative estimate of drug-likeness (QED) is 0.345. The Morgan fingerprint density at radius 3 is 2.77 bits per heavy atom. The normalized spacial score (nSPS) is 16.9. The number of carbonyl (C=O) groups excluding carboxylic acids is 1. The molecule has 0 saturated carbocycles. The maximum absolute atomic E-state index is 12.0. The maximum Gasteiger partial charge on any atom is 0.222 e. The average molecular weight is 474 g/mol. The third-order valence-electron chi connectivity index (χ3n) is 4.26. The summed E-state index contributed by atoms with van der Waals surface area (Å²) in [5.74, 6) is 1.49. The number of rotatable bonds is 8. The minimum atomic E-state index is 0. The van der Waals surface area contributed by atoms with Gasteiger partial charge in [0.2, 0.25) is 5.91 Å². The summed E-state index contributed by atoms with van der Waals surface area (Å²) in [6.07, 6.45) is 1.52. The minimum Gasteiger partial charge on any atom is -0.384 e. The van der Waals surface area contributed by atoms with Crippen LogP contribution in [0.3, 0.4) is 0 Å². The monoisotopic (exact) mass is 474 g/mol. The van der Waals surface area contributed by atoms with E-state index in [0.29, 0.717) is 25.4 Å². The SMILES string of the molecule is CCNC(=NCCC(=O)NCc1ccccc1)N1CCC(COC)C1.I. The van der Waals surface area contributed by atoms with Gasteiger partial charge in [-0.15, -0.1) is 24.0 Å². The number of hydrogen-bond donors (Lipinski definition) is 2. The molecule has 1 atom stereocenters. The van der Waals surface area contributed by atoms with Crippen LogP contribution in [0.15, 0.2) is 35.3 Å². The number of guanidine groups is 1. The zero-order chi connectivity index (χ0) is 17.9. The van der Waals surface area contributed by atoms with Crippen LogP contribution >= 0.6 is 24.0 Å². The second-order valence-corrected chi connectivity index (χ2v) is 6.30. The van der Waals surface area contributed by atoms with Gasteiger partial charge in [-0.2, -0.15) is 0 Å². The first-order chi connectivity index (χ1) is 12.2. The number of likely N-dealkylation sites (tertiary alicyclic amines) is 1. The van der Waals surface area contributed by atoms with Gasteiger partial charge in [0.1, 0.15) is 0 Å². The Labute approximate surface area is 173 Å². The van der Waals surface area contributed by atoms with Crippen molar-refractivity contribution in [1.82, 2.24) is 15.5 Å². The number of carbonyl (C=O) groups is 1. The van der Waals surface area contributed by atoms with Gasteiger partial charge in [-0.05, 0) is 18.9 Å². The Morgan fingerprint density at radius 1 is 1.31 bits per heavy atom. The molecule has 0 radical (unpaired) electrons. The zero-order valence-corrected chi connectivity index (χ0v) is 18.1. The molecule has 1 heterocycles. The molecule has 146 valence electrons. The smallest absolute Gasteiger partial charge is 0.222 e. The lowest BCUT2D eigenvalue weighted by molar-refractivity contribution is -0.121. The highest BCUT2D eigenvalue weighted by Gasteiger charge is 2.24. The Kier molecular flexibility index (Phi) is 11.3. The Hall–Kier alpha value is -1.35. The van der Waals surface area contributed by atoms with Crippen molar-refractivity contribution >= 4 is 35.8 Å². The van der Waals surface area contributed by atoms with Crippen molar-refractivity contribution < 1.29 is 9.53 Å². The highest BCUT2D eigenvalue weighted by molar-refractivity contribution is 14.0. The lowest BCUT2D eigenvalue weighted by Crippen LogP contribution is -2.40. The molecule has 0 spiro atoms. The average Bonchev–Trinajstić information content (AvgIpc) is 3.09. The van der Waals surface area contributed by atoms with Crippen molar-refractivity contribution in [1.29, 1.82) is 0 Å². The van der Waals surface area contributed by atoms with Crippen molar-refractivity contribution in [3.05, 3.63) is 35.9 Å². The highest BCUT2D eigenvalue weighted by atomic mass is 127. The minimum absolute atomic E-state index is 0. The first-order valence-electron chi connectivity index (χ1n) is 9.05. The summed E-state index contributed by atoms with van der Waals surface area (Å²) < 4.78 is 5.25. The van der Waals surface area contributed by atoms with Gasteiger partial charge in [-0.1, -0.05) is 30.3 Å². The number of amides is 1. The molecule has 6 nitrogen and oxygen atoms in total. The van der Waals surface area contributed by atoms with Gasteiger partial charge in [0.25, 0.3) is 0 Å². The number of hydrogen-bond acceptors (Lipinski definition) is 3. The molecular weight excluding hydrogens is 443 g/mol. The third-order valence-corrected chi connectivity index (χ3v) is 4.26. The fraction of sp³-hybridized carbons (Fsp3) is 0.579. The molecule has 1 fully saturated rings. The molecule has 1 aromatic rings. The van der Waals surface area contributed by atoms with Crippen LogP contribution in [0.4, 0.5) is 0 Å². The van der Waals surface area contributed by atoms with Crippen LogP contribution in [0.2, 0.25) is 0 Å². The largest absolute Gasteiger partial charge is 0.384 e. The summed E-state index contributed by atoms with van der Waals surface area (Å²) in [7, 11) is 1.75. The number of aliphatic imine (C=N–C) groups is 1. The Balaban J connectivity index is 0.00000338. The van der Waals surface area contributed by atoms with Crippen LogP contribution in [0.5, 0.6) is 0 Å². The van der Waals surface area contributed by atoms with Gasteiger partial charge in [-0.3, -0.25) is 9.79 Å². The van der Waals surface area contributed by atoms with Crippen molar-refractivity contribution in [2.75, 3.05) is 39.9 Å². The predicted molar refractivity (Wildman–Crippen MR) is 116 cm³/mol. The van der Waals surface area contributed by atoms with Crippen LogP contribution in [0, 0.1) is 5.92 Å². The topological polar surface area (TPSA) is 66.0 Å². The fourth-order valence-corrected chi connectivity index (χ4v) is 2.97. The van der Waals surface area contributed by atoms with Gasteiger partial charge in [0.15, 0.2) is 5.96 Å². The van der Waals surface area contributed by atoms with Crippen molar-refractivity contribution in [2.24, 2.45) is 10.9 Å². The number of halogens is 1. The summed E-state index contributed by atoms with van der Waals surface area (Å²) in [6.45, 7) is 6.68. The van der Waals surface area contributed by atoms with E-state index in [1.807, 2.05) is 30.3 Å². The number of nitrogens with one attached hydrogen (secondary N) is 2. The second-order valence-electron chi connectivity index (χ2n) is 6.30. The molecule has 7 heteroatoms. The molecule has 26 heavy (non-hydrogen) atoms. The number of ether oxygens (including phenoxy) is 1. The van der Waals surface area contributed by atoms with E-state index in [1.165, 1.54) is 0 Å². The summed E-state index contributed by atoms with van der Waals surface area (Å²) >= 11 is 0. The third kappa shape index (κ3) is 7.90. The van der Waals surface area contributed by atoms with E-state index in [-0.39, 0.29) is 29.9 Å². The first-order valence-corrected chi connectivity index (χ1v) is 9.05. The van der Waals surface area contributed by atoms with Crippen LogP contribution in [0.25, 0.3) is 0 Å². The molecule has 1 saturated heterocycles. The van der Waals surface area contributed by atoms with Gasteiger partial charge < -0.3 is 20.3 Å². The van der Waals surface area contributed by atoms with Gasteiger partial charge in [0, 0.05) is 45.6 Å². The molecule has 1 unspecified atom stereocenters. The summed E-state index contributed by atoms with van der Waals surface area (Å²) in [4.78, 5) is 18.9. The Bertz CT molecular complexity index is 554. The molecule has 1 aliphatic rings. The van der Waals surface area contributed by atoms with E-state index in [9.17, 15) is 4.79 Å². The van der Waals surface area contributed by atoms with E-state index < -0.39 is 0 Å². The number of methoxy groups -OCH3 is 1. The van der Waals surface area contributed by atoms with E-state index in [2.05, 4.69) is 27.4 Å². The van der Waals surface area contributed by atoms with E-state index in [0.717, 1.165) is 44.2 Å². The molecule has 1 aliphatic heterocycles. The van der Waals surface area contributed by atoms with E-state index >= 15 is 0 Å². The maximum atomic E-state index is 12.0. The first kappa shape index (κ1) is 22.7. The van der Waals surface area contributed by atoms with Crippen LogP contribution in [-0.2, 0) is 16.1 Å². The van der Waals surface area contributed by atoms with Gasteiger partial charge >= 0.3 is 0 Å². The lowest BCUT2D eigenvalue weighted by atomic mass is 10.1. The predicted octanol–water partition coefficient (Wildman–Crippen LogP) is 2.24. The van der Waals surface area contributed by atoms with Crippen LogP contribution < -0.4 is 10.6 Å². The zero-order valence-electron chi connectivity index (χ0n) is 15.7. The van der Waals surface area contributed by atoms with Crippen molar-refractivity contribution in [3.8, 4) is 0 Å². The molecular formula is C19H31IN4O2. The lowest BCUT2D eigenvalue weighted by Gasteiger charge is -2.21. The molecule has 0 bridgehead atoms. The second kappa shape index (κ2) is 12.9. The molecule has 2 rings (SSSR count). The number of benzene rings is 1. The van der Waals surface area contributed by atoms with Crippen LogP contribution in [-0.4, -0.2) is 56.7 Å². The highest BCUT2D eigenvalue weighted by Crippen LogP contribution is 2.16. The van der Waals surface area contributed by atoms with Crippen molar-refractivity contribution in [3.63, 3.8) is 0 Å². The van der Waals surface area contributed by atoms with Crippen molar-refractivity contribution in [2.45, 2.75) is 26.3 Å². The molecule has 1 aromatic carbocycles. The van der Waals surface area contributed by atoms with E-state index in [1.54, 1.807) is 7.11 Å².